The predicted molar refractivity (Wildman–Crippen MR) is 68.5 cm³/mol. The lowest BCUT2D eigenvalue weighted by atomic mass is 10.2. The quantitative estimate of drug-likeness (QED) is 0.638. The summed E-state index contributed by atoms with van der Waals surface area (Å²) in [6.45, 7) is 6.45. The van der Waals surface area contributed by atoms with Crippen LogP contribution < -0.4 is 0 Å². The van der Waals surface area contributed by atoms with Gasteiger partial charge in [-0.1, -0.05) is 6.58 Å². The summed E-state index contributed by atoms with van der Waals surface area (Å²) in [6, 6.07) is -2.12. The van der Waals surface area contributed by atoms with Crippen molar-refractivity contribution in [2.24, 2.45) is 0 Å². The topological polar surface area (TPSA) is 57.0 Å². The van der Waals surface area contributed by atoms with Gasteiger partial charge in [0.25, 0.3) is 0 Å². The normalized spacial score (nSPS) is 11.8. The standard InChI is InChI=1S/C13H13F2N3O2/c1-4-13(14,15)18-11-5-10(12(19)20-8(2)3)16-6-9(11)7-17-18/h4-8H,1H2,2-3H3. The molecule has 20 heavy (non-hydrogen) atoms. The number of rotatable bonds is 4. The zero-order valence-corrected chi connectivity index (χ0v) is 11.0. The van der Waals surface area contributed by atoms with Crippen molar-refractivity contribution in [2.45, 2.75) is 26.0 Å². The van der Waals surface area contributed by atoms with Gasteiger partial charge in [0.2, 0.25) is 0 Å². The minimum absolute atomic E-state index is 0.0483. The van der Waals surface area contributed by atoms with E-state index in [1.165, 1.54) is 18.5 Å². The second kappa shape index (κ2) is 4.99. The van der Waals surface area contributed by atoms with Crippen molar-refractivity contribution in [3.63, 3.8) is 0 Å². The molecule has 0 aliphatic heterocycles. The lowest BCUT2D eigenvalue weighted by Crippen LogP contribution is -2.21. The average Bonchev–Trinajstić information content (AvgIpc) is 2.81. The molecule has 0 spiro atoms. The second-order valence-electron chi connectivity index (χ2n) is 4.43. The first kappa shape index (κ1) is 14.1. The zero-order valence-electron chi connectivity index (χ0n) is 11.0. The third-order valence-electron chi connectivity index (χ3n) is 2.53. The van der Waals surface area contributed by atoms with Crippen LogP contribution in [0.15, 0.2) is 31.1 Å². The van der Waals surface area contributed by atoms with E-state index >= 15 is 0 Å². The number of alkyl halides is 2. The minimum atomic E-state index is -3.34. The first-order chi connectivity index (χ1) is 9.35. The van der Waals surface area contributed by atoms with E-state index in [1.54, 1.807) is 13.8 Å². The number of halogens is 2. The Bertz CT molecular complexity index is 665. The van der Waals surface area contributed by atoms with Gasteiger partial charge in [0.05, 0.1) is 17.8 Å². The van der Waals surface area contributed by atoms with E-state index in [0.29, 0.717) is 16.1 Å². The molecule has 0 aliphatic rings. The molecule has 0 radical (unpaired) electrons. The third kappa shape index (κ3) is 2.52. The number of carbonyl (C=O) groups excluding carboxylic acids is 1. The maximum Gasteiger partial charge on any atom is 0.364 e. The van der Waals surface area contributed by atoms with Gasteiger partial charge in [-0.3, -0.25) is 0 Å². The number of aromatic nitrogens is 3. The SMILES string of the molecule is C=CC(F)(F)n1ncc2cnc(C(=O)OC(C)C)cc21. The molecular formula is C13H13F2N3O2. The van der Waals surface area contributed by atoms with Crippen molar-refractivity contribution in [3.8, 4) is 0 Å². The predicted octanol–water partition coefficient (Wildman–Crippen LogP) is 2.73. The van der Waals surface area contributed by atoms with Crippen molar-refractivity contribution in [1.82, 2.24) is 14.8 Å². The molecule has 0 aromatic carbocycles. The molecule has 0 aliphatic carbocycles. The Morgan fingerprint density at radius 1 is 1.50 bits per heavy atom. The number of hydrogen-bond acceptors (Lipinski definition) is 4. The number of allylic oxidation sites excluding steroid dienone is 1. The summed E-state index contributed by atoms with van der Waals surface area (Å²) in [5.74, 6) is -0.670. The van der Waals surface area contributed by atoms with Gasteiger partial charge in [-0.15, -0.1) is 0 Å². The molecule has 0 amide bonds. The van der Waals surface area contributed by atoms with Gasteiger partial charge in [0.1, 0.15) is 0 Å². The Morgan fingerprint density at radius 2 is 2.20 bits per heavy atom. The van der Waals surface area contributed by atoms with Gasteiger partial charge in [-0.25, -0.2) is 9.78 Å². The van der Waals surface area contributed by atoms with E-state index in [1.807, 2.05) is 0 Å². The molecule has 2 rings (SSSR count). The van der Waals surface area contributed by atoms with E-state index in [9.17, 15) is 13.6 Å². The van der Waals surface area contributed by atoms with Crippen LogP contribution in [0.5, 0.6) is 0 Å². The van der Waals surface area contributed by atoms with E-state index in [2.05, 4.69) is 16.7 Å². The molecule has 2 heterocycles. The Kier molecular flexibility index (Phi) is 3.52. The summed E-state index contributed by atoms with van der Waals surface area (Å²) in [6.07, 6.45) is 2.71. The van der Waals surface area contributed by atoms with Gasteiger partial charge >= 0.3 is 12.0 Å². The van der Waals surface area contributed by atoms with Crippen molar-refractivity contribution in [1.29, 1.82) is 0 Å². The summed E-state index contributed by atoms with van der Waals surface area (Å²) in [5, 5.41) is 4.00. The maximum atomic E-state index is 13.6. The molecule has 0 saturated heterocycles. The second-order valence-corrected chi connectivity index (χ2v) is 4.43. The van der Waals surface area contributed by atoms with Gasteiger partial charge in [-0.05, 0) is 19.9 Å². The van der Waals surface area contributed by atoms with Crippen molar-refractivity contribution in [2.75, 3.05) is 0 Å². The molecule has 0 unspecified atom stereocenters. The highest BCUT2D eigenvalue weighted by atomic mass is 19.3. The number of fused-ring (bicyclic) bond motifs is 1. The molecule has 0 atom stereocenters. The first-order valence-electron chi connectivity index (χ1n) is 5.92. The fourth-order valence-corrected chi connectivity index (χ4v) is 1.63. The monoisotopic (exact) mass is 281 g/mol. The number of hydrogen-bond donors (Lipinski definition) is 0. The highest BCUT2D eigenvalue weighted by Crippen LogP contribution is 2.26. The minimum Gasteiger partial charge on any atom is -0.458 e. The largest absolute Gasteiger partial charge is 0.458 e. The van der Waals surface area contributed by atoms with Crippen molar-refractivity contribution >= 4 is 16.9 Å². The van der Waals surface area contributed by atoms with E-state index < -0.39 is 12.0 Å². The summed E-state index contributed by atoms with van der Waals surface area (Å²) in [4.78, 5) is 15.6. The number of esters is 1. The van der Waals surface area contributed by atoms with Crippen LogP contribution in [-0.4, -0.2) is 26.8 Å². The summed E-state index contributed by atoms with van der Waals surface area (Å²) in [7, 11) is 0. The highest BCUT2D eigenvalue weighted by molar-refractivity contribution is 5.91. The fraction of sp³-hybridized carbons (Fsp3) is 0.308. The number of carbonyl (C=O) groups is 1. The molecule has 0 N–H and O–H groups in total. The molecule has 7 heteroatoms. The average molecular weight is 281 g/mol. The molecular weight excluding hydrogens is 268 g/mol. The molecule has 2 aromatic rings. The summed E-state index contributed by atoms with van der Waals surface area (Å²) >= 11 is 0. The Labute approximate surface area is 113 Å². The number of pyridine rings is 1. The van der Waals surface area contributed by atoms with Crippen LogP contribution in [0.25, 0.3) is 10.9 Å². The van der Waals surface area contributed by atoms with Crippen molar-refractivity contribution < 1.29 is 18.3 Å². The molecule has 0 bridgehead atoms. The van der Waals surface area contributed by atoms with Crippen LogP contribution in [0.2, 0.25) is 0 Å². The lowest BCUT2D eigenvalue weighted by molar-refractivity contribution is -0.0350. The first-order valence-corrected chi connectivity index (χ1v) is 5.92. The highest BCUT2D eigenvalue weighted by Gasteiger charge is 2.30. The van der Waals surface area contributed by atoms with E-state index in [4.69, 9.17) is 4.74 Å². The molecule has 0 saturated carbocycles. The third-order valence-corrected chi connectivity index (χ3v) is 2.53. The molecule has 106 valence electrons. The van der Waals surface area contributed by atoms with Gasteiger partial charge in [-0.2, -0.15) is 18.6 Å². The van der Waals surface area contributed by atoms with Crippen LogP contribution in [0.4, 0.5) is 8.78 Å². The Hall–Kier alpha value is -2.31. The zero-order chi connectivity index (χ0) is 14.9. The number of ether oxygens (including phenoxy) is 1. The van der Waals surface area contributed by atoms with E-state index in [-0.39, 0.29) is 17.3 Å². The van der Waals surface area contributed by atoms with Crippen LogP contribution in [0.1, 0.15) is 24.3 Å². The Balaban J connectivity index is 2.50. The van der Waals surface area contributed by atoms with Crippen LogP contribution in [-0.2, 0) is 10.8 Å². The smallest absolute Gasteiger partial charge is 0.364 e. The van der Waals surface area contributed by atoms with Crippen LogP contribution in [0, 0.1) is 0 Å². The van der Waals surface area contributed by atoms with E-state index in [0.717, 1.165) is 0 Å². The molecule has 0 fully saturated rings. The fourth-order valence-electron chi connectivity index (χ4n) is 1.63. The maximum absolute atomic E-state index is 13.6. The lowest BCUT2D eigenvalue weighted by Gasteiger charge is -2.13. The van der Waals surface area contributed by atoms with Crippen LogP contribution >= 0.6 is 0 Å². The summed E-state index contributed by atoms with van der Waals surface area (Å²) in [5.41, 5.74) is 0.0356. The number of nitrogens with zero attached hydrogens (tertiary/aromatic N) is 3. The van der Waals surface area contributed by atoms with Gasteiger partial charge in [0, 0.05) is 17.7 Å². The molecule has 5 nitrogen and oxygen atoms in total. The van der Waals surface area contributed by atoms with Crippen molar-refractivity contribution in [3.05, 3.63) is 36.8 Å². The Morgan fingerprint density at radius 3 is 2.80 bits per heavy atom. The van der Waals surface area contributed by atoms with Gasteiger partial charge < -0.3 is 4.74 Å². The van der Waals surface area contributed by atoms with Crippen LogP contribution in [0.3, 0.4) is 0 Å². The molecule has 2 aromatic heterocycles. The van der Waals surface area contributed by atoms with Gasteiger partial charge in [0.15, 0.2) is 5.69 Å². The summed E-state index contributed by atoms with van der Waals surface area (Å²) < 4.78 is 32.7.